The van der Waals surface area contributed by atoms with Crippen molar-refractivity contribution in [3.05, 3.63) is 89.3 Å². The molecule has 1 saturated heterocycles. The maximum Gasteiger partial charge on any atom is 0.295 e. The number of ether oxygens (including phenoxy) is 3. The van der Waals surface area contributed by atoms with Gasteiger partial charge < -0.3 is 24.2 Å². The third-order valence-corrected chi connectivity index (χ3v) is 6.54. The summed E-state index contributed by atoms with van der Waals surface area (Å²) in [6, 6.07) is 14.9. The van der Waals surface area contributed by atoms with Gasteiger partial charge in [0.15, 0.2) is 11.5 Å². The van der Waals surface area contributed by atoms with Crippen LogP contribution in [0.2, 0.25) is 0 Å². The lowest BCUT2D eigenvalue weighted by Gasteiger charge is -2.26. The summed E-state index contributed by atoms with van der Waals surface area (Å²) in [5.74, 6) is -0.131. The summed E-state index contributed by atoms with van der Waals surface area (Å²) < 4.78 is 17.1. The molecule has 0 saturated carbocycles. The summed E-state index contributed by atoms with van der Waals surface area (Å²) in [5, 5.41) is 11.4. The van der Waals surface area contributed by atoms with Crippen molar-refractivity contribution in [3.63, 3.8) is 0 Å². The van der Waals surface area contributed by atoms with E-state index >= 15 is 0 Å². The Morgan fingerprint density at radius 3 is 2.56 bits per heavy atom. The minimum atomic E-state index is -0.857. The Labute approximate surface area is 228 Å². The molecule has 1 aliphatic rings. The monoisotopic (exact) mass is 530 g/mol. The van der Waals surface area contributed by atoms with Crippen LogP contribution in [0, 0.1) is 0 Å². The zero-order chi connectivity index (χ0) is 27.8. The minimum Gasteiger partial charge on any atom is -0.507 e. The van der Waals surface area contributed by atoms with Gasteiger partial charge >= 0.3 is 0 Å². The second kappa shape index (κ2) is 13.0. The van der Waals surface area contributed by atoms with Gasteiger partial charge in [0.05, 0.1) is 31.9 Å². The average Bonchev–Trinajstić information content (AvgIpc) is 3.20. The normalized spacial score (nSPS) is 16.4. The number of benzene rings is 2. The van der Waals surface area contributed by atoms with Crippen molar-refractivity contribution in [2.24, 2.45) is 0 Å². The molecular formula is C31H34N2O6. The Bertz CT molecular complexity index is 1340. The second-order valence-corrected chi connectivity index (χ2v) is 9.21. The molecule has 1 N–H and O–H groups in total. The van der Waals surface area contributed by atoms with Gasteiger partial charge in [-0.25, -0.2) is 0 Å². The van der Waals surface area contributed by atoms with Crippen LogP contribution >= 0.6 is 0 Å². The Balaban J connectivity index is 1.80. The highest BCUT2D eigenvalue weighted by atomic mass is 16.5. The molecule has 0 spiro atoms. The van der Waals surface area contributed by atoms with Gasteiger partial charge in [0.25, 0.3) is 11.7 Å². The van der Waals surface area contributed by atoms with Crippen LogP contribution in [0.25, 0.3) is 5.76 Å². The van der Waals surface area contributed by atoms with Crippen LogP contribution in [0.15, 0.2) is 72.6 Å². The number of rotatable bonds is 12. The number of pyridine rings is 1. The van der Waals surface area contributed by atoms with Crippen molar-refractivity contribution in [2.45, 2.75) is 45.7 Å². The van der Waals surface area contributed by atoms with E-state index in [2.05, 4.69) is 11.9 Å². The molecule has 2 heterocycles. The van der Waals surface area contributed by atoms with Gasteiger partial charge in [0.2, 0.25) is 0 Å². The SMILES string of the molecule is CCCCCOc1ccc(C2/C(=C(\O)c3cccc(OCC)c3)C(=O)C(=O)N2Cc2cccnc2)cc1OC. The van der Waals surface area contributed by atoms with Gasteiger partial charge in [0, 0.05) is 24.5 Å². The van der Waals surface area contributed by atoms with Crippen molar-refractivity contribution >= 4 is 17.4 Å². The molecule has 1 fully saturated rings. The molecule has 4 rings (SSSR count). The Hall–Kier alpha value is -4.33. The zero-order valence-electron chi connectivity index (χ0n) is 22.6. The van der Waals surface area contributed by atoms with Gasteiger partial charge in [-0.15, -0.1) is 0 Å². The molecule has 1 atom stereocenters. The summed E-state index contributed by atoms with van der Waals surface area (Å²) in [7, 11) is 1.55. The first-order valence-corrected chi connectivity index (χ1v) is 13.2. The summed E-state index contributed by atoms with van der Waals surface area (Å²) in [5.41, 5.74) is 1.74. The molecule has 2 aromatic carbocycles. The van der Waals surface area contributed by atoms with E-state index in [-0.39, 0.29) is 17.9 Å². The smallest absolute Gasteiger partial charge is 0.295 e. The number of aliphatic hydroxyl groups excluding tert-OH is 1. The fraction of sp³-hybridized carbons (Fsp3) is 0.323. The van der Waals surface area contributed by atoms with Crippen LogP contribution in [0.1, 0.15) is 55.8 Å². The van der Waals surface area contributed by atoms with Crippen molar-refractivity contribution in [3.8, 4) is 17.2 Å². The summed E-state index contributed by atoms with van der Waals surface area (Å²) in [6.45, 7) is 5.13. The van der Waals surface area contributed by atoms with Crippen LogP contribution in [0.5, 0.6) is 17.2 Å². The van der Waals surface area contributed by atoms with Gasteiger partial charge in [-0.2, -0.15) is 0 Å². The maximum absolute atomic E-state index is 13.4. The first kappa shape index (κ1) is 27.7. The van der Waals surface area contributed by atoms with Crippen LogP contribution in [-0.2, 0) is 16.1 Å². The highest BCUT2D eigenvalue weighted by Crippen LogP contribution is 2.43. The van der Waals surface area contributed by atoms with E-state index in [1.165, 1.54) is 4.90 Å². The van der Waals surface area contributed by atoms with E-state index in [4.69, 9.17) is 14.2 Å². The second-order valence-electron chi connectivity index (χ2n) is 9.21. The lowest BCUT2D eigenvalue weighted by atomic mass is 9.94. The lowest BCUT2D eigenvalue weighted by Crippen LogP contribution is -2.29. The number of ketones is 1. The average molecular weight is 531 g/mol. The number of amides is 1. The van der Waals surface area contributed by atoms with E-state index in [0.717, 1.165) is 24.8 Å². The number of methoxy groups -OCH3 is 1. The van der Waals surface area contributed by atoms with E-state index in [1.807, 2.05) is 13.0 Å². The molecule has 8 heteroatoms. The maximum atomic E-state index is 13.4. The number of carbonyl (C=O) groups is 2. The molecule has 1 aromatic heterocycles. The third kappa shape index (κ3) is 6.22. The minimum absolute atomic E-state index is 0.00351. The molecule has 1 amide bonds. The topological polar surface area (TPSA) is 98.2 Å². The number of hydrogen-bond acceptors (Lipinski definition) is 7. The number of carbonyl (C=O) groups excluding carboxylic acids is 2. The molecule has 1 unspecified atom stereocenters. The first-order valence-electron chi connectivity index (χ1n) is 13.2. The van der Waals surface area contributed by atoms with Crippen LogP contribution in [0.3, 0.4) is 0 Å². The molecule has 3 aromatic rings. The molecule has 8 nitrogen and oxygen atoms in total. The first-order chi connectivity index (χ1) is 19.0. The largest absolute Gasteiger partial charge is 0.507 e. The molecule has 0 aliphatic carbocycles. The van der Waals surface area contributed by atoms with E-state index in [0.29, 0.717) is 41.6 Å². The molecule has 0 radical (unpaired) electrons. The van der Waals surface area contributed by atoms with E-state index in [1.54, 1.807) is 68.0 Å². The fourth-order valence-electron chi connectivity index (χ4n) is 4.64. The van der Waals surface area contributed by atoms with Crippen LogP contribution in [0.4, 0.5) is 0 Å². The third-order valence-electron chi connectivity index (χ3n) is 6.54. The van der Waals surface area contributed by atoms with Gasteiger partial charge in [-0.05, 0) is 54.8 Å². The standard InChI is InChI=1S/C31H34N2O6/c1-4-6-7-16-39-25-14-13-22(18-26(25)37-3)28-27(29(34)23-11-8-12-24(17-23)38-5-2)30(35)31(36)33(28)20-21-10-9-15-32-19-21/h8-15,17-19,28,34H,4-7,16,20H2,1-3H3/b29-27+. The lowest BCUT2D eigenvalue weighted by molar-refractivity contribution is -0.140. The van der Waals surface area contributed by atoms with Gasteiger partial charge in [-0.3, -0.25) is 14.6 Å². The highest BCUT2D eigenvalue weighted by Gasteiger charge is 2.46. The Kier molecular flexibility index (Phi) is 9.20. The molecule has 0 bridgehead atoms. The molecule has 204 valence electrons. The van der Waals surface area contributed by atoms with Gasteiger partial charge in [-0.1, -0.05) is 44.0 Å². The summed E-state index contributed by atoms with van der Waals surface area (Å²) in [4.78, 5) is 32.4. The molecule has 39 heavy (non-hydrogen) atoms. The Morgan fingerprint density at radius 2 is 1.85 bits per heavy atom. The summed E-state index contributed by atoms with van der Waals surface area (Å²) >= 11 is 0. The number of aromatic nitrogens is 1. The molecule has 1 aliphatic heterocycles. The molecular weight excluding hydrogens is 496 g/mol. The highest BCUT2D eigenvalue weighted by molar-refractivity contribution is 6.46. The van der Waals surface area contributed by atoms with Crippen molar-refractivity contribution in [1.82, 2.24) is 9.88 Å². The van der Waals surface area contributed by atoms with Gasteiger partial charge in [0.1, 0.15) is 11.5 Å². The quantitative estimate of drug-likeness (QED) is 0.139. The van der Waals surface area contributed by atoms with Crippen molar-refractivity contribution in [2.75, 3.05) is 20.3 Å². The number of Topliss-reactive ketones (excluding diaryl/α,β-unsaturated/α-hetero) is 1. The van der Waals surface area contributed by atoms with Crippen molar-refractivity contribution in [1.29, 1.82) is 0 Å². The number of aliphatic hydroxyl groups is 1. The predicted molar refractivity (Wildman–Crippen MR) is 148 cm³/mol. The van der Waals surface area contributed by atoms with Crippen LogP contribution in [-0.4, -0.2) is 47.0 Å². The van der Waals surface area contributed by atoms with Crippen molar-refractivity contribution < 1.29 is 28.9 Å². The number of hydrogen-bond donors (Lipinski definition) is 1. The summed E-state index contributed by atoms with van der Waals surface area (Å²) in [6.07, 6.45) is 6.36. The number of likely N-dealkylation sites (tertiary alicyclic amines) is 1. The Morgan fingerprint density at radius 1 is 1.00 bits per heavy atom. The predicted octanol–water partition coefficient (Wildman–Crippen LogP) is 5.68. The van der Waals surface area contributed by atoms with E-state index in [9.17, 15) is 14.7 Å². The van der Waals surface area contributed by atoms with Crippen LogP contribution < -0.4 is 14.2 Å². The number of nitrogens with zero attached hydrogens (tertiary/aromatic N) is 2. The number of unbranched alkanes of at least 4 members (excludes halogenated alkanes) is 2. The fourth-order valence-corrected chi connectivity index (χ4v) is 4.64. The zero-order valence-corrected chi connectivity index (χ0v) is 22.6. The van der Waals surface area contributed by atoms with E-state index < -0.39 is 17.7 Å².